The first-order valence-corrected chi connectivity index (χ1v) is 7.77. The number of carbonyl (C=O) groups is 1. The van der Waals surface area contributed by atoms with Gasteiger partial charge >= 0.3 is 5.97 Å². The number of aryl methyl sites for hydroxylation is 1. The average Bonchev–Trinajstić information content (AvgIpc) is 2.62. The molecule has 0 fully saturated rings. The highest BCUT2D eigenvalue weighted by Crippen LogP contribution is 2.15. The highest BCUT2D eigenvalue weighted by Gasteiger charge is 2.14. The first kappa shape index (κ1) is 17.3. The number of carbonyl (C=O) groups excluding carboxylic acids is 1. The van der Waals surface area contributed by atoms with Gasteiger partial charge in [-0.25, -0.2) is 9.18 Å². The maximum atomic E-state index is 13.6. The summed E-state index contributed by atoms with van der Waals surface area (Å²) in [6.45, 7) is 1.72. The van der Waals surface area contributed by atoms with Crippen LogP contribution >= 0.6 is 0 Å². The molecule has 0 aliphatic rings. The van der Waals surface area contributed by atoms with E-state index in [1.165, 1.54) is 18.2 Å². The molecular formula is C18H16FN5O2. The number of nitrogen functional groups attached to an aromatic ring is 1. The molecule has 0 bridgehead atoms. The highest BCUT2D eigenvalue weighted by molar-refractivity contribution is 5.89. The first-order valence-electron chi connectivity index (χ1n) is 7.77. The van der Waals surface area contributed by atoms with Crippen molar-refractivity contribution in [3.63, 3.8) is 0 Å². The molecule has 0 amide bonds. The lowest BCUT2D eigenvalue weighted by molar-refractivity contribution is 0.0457. The number of anilines is 3. The van der Waals surface area contributed by atoms with Gasteiger partial charge in [-0.3, -0.25) is 0 Å². The molecule has 1 aromatic heterocycles. The van der Waals surface area contributed by atoms with Gasteiger partial charge in [0, 0.05) is 5.69 Å². The van der Waals surface area contributed by atoms with Crippen LogP contribution in [-0.2, 0) is 11.3 Å². The smallest absolute Gasteiger partial charge is 0.341 e. The van der Waals surface area contributed by atoms with E-state index in [2.05, 4.69) is 20.3 Å². The highest BCUT2D eigenvalue weighted by atomic mass is 19.1. The van der Waals surface area contributed by atoms with E-state index in [-0.39, 0.29) is 29.9 Å². The summed E-state index contributed by atoms with van der Waals surface area (Å²) in [5, 5.41) is 3.00. The van der Waals surface area contributed by atoms with Crippen LogP contribution in [0.15, 0.2) is 48.5 Å². The number of aromatic nitrogens is 3. The lowest BCUT2D eigenvalue weighted by Crippen LogP contribution is -2.12. The molecule has 132 valence electrons. The number of hydrogen-bond acceptors (Lipinski definition) is 7. The third-order valence-corrected chi connectivity index (χ3v) is 3.43. The number of benzene rings is 2. The molecule has 0 radical (unpaired) electrons. The summed E-state index contributed by atoms with van der Waals surface area (Å²) in [6.07, 6.45) is 0. The summed E-state index contributed by atoms with van der Waals surface area (Å²) in [4.78, 5) is 24.0. The largest absolute Gasteiger partial charge is 0.454 e. The van der Waals surface area contributed by atoms with Gasteiger partial charge in [-0.05, 0) is 31.2 Å². The summed E-state index contributed by atoms with van der Waals surface area (Å²) < 4.78 is 18.6. The van der Waals surface area contributed by atoms with Crippen LogP contribution in [0.25, 0.3) is 0 Å². The monoisotopic (exact) mass is 353 g/mol. The minimum Gasteiger partial charge on any atom is -0.454 e. The minimum absolute atomic E-state index is 0.0217. The zero-order valence-corrected chi connectivity index (χ0v) is 13.9. The molecule has 26 heavy (non-hydrogen) atoms. The normalized spacial score (nSPS) is 10.4. The molecule has 7 nitrogen and oxygen atoms in total. The lowest BCUT2D eigenvalue weighted by atomic mass is 10.2. The number of nitrogens with two attached hydrogens (primary N) is 1. The van der Waals surface area contributed by atoms with E-state index in [1.807, 2.05) is 31.2 Å². The van der Waals surface area contributed by atoms with Crippen LogP contribution in [0.1, 0.15) is 21.7 Å². The minimum atomic E-state index is -0.810. The zero-order chi connectivity index (χ0) is 18.5. The molecule has 3 N–H and O–H groups in total. The summed E-state index contributed by atoms with van der Waals surface area (Å²) in [7, 11) is 0. The van der Waals surface area contributed by atoms with Crippen LogP contribution in [0.2, 0.25) is 0 Å². The van der Waals surface area contributed by atoms with Crippen LogP contribution in [-0.4, -0.2) is 20.9 Å². The lowest BCUT2D eigenvalue weighted by Gasteiger charge is -2.08. The molecule has 0 aliphatic carbocycles. The van der Waals surface area contributed by atoms with Crippen molar-refractivity contribution in [1.82, 2.24) is 15.0 Å². The Bertz CT molecular complexity index is 931. The Morgan fingerprint density at radius 2 is 1.85 bits per heavy atom. The maximum absolute atomic E-state index is 13.6. The topological polar surface area (TPSA) is 103 Å². The third-order valence-electron chi connectivity index (χ3n) is 3.43. The Kier molecular flexibility index (Phi) is 5.02. The summed E-state index contributed by atoms with van der Waals surface area (Å²) in [6, 6.07) is 13.2. The Labute approximate surface area is 149 Å². The molecule has 0 saturated heterocycles. The van der Waals surface area contributed by atoms with Gasteiger partial charge in [-0.1, -0.05) is 29.8 Å². The van der Waals surface area contributed by atoms with Gasteiger partial charge in [0.15, 0.2) is 12.4 Å². The molecule has 0 spiro atoms. The van der Waals surface area contributed by atoms with Gasteiger partial charge in [0.05, 0.1) is 5.56 Å². The fraction of sp³-hybridized carbons (Fsp3) is 0.111. The van der Waals surface area contributed by atoms with Gasteiger partial charge < -0.3 is 15.8 Å². The molecule has 0 saturated carbocycles. The number of ether oxygens (including phenoxy) is 1. The van der Waals surface area contributed by atoms with Crippen molar-refractivity contribution in [2.75, 3.05) is 11.1 Å². The van der Waals surface area contributed by atoms with Crippen LogP contribution in [0.5, 0.6) is 0 Å². The first-order chi connectivity index (χ1) is 12.5. The standard InChI is InChI=1S/C18H16FN5O2/c1-11-6-8-12(9-7-11)21-18-23-15(22-17(20)24-18)10-26-16(25)13-4-2-3-5-14(13)19/h2-9H,10H2,1H3,(H3,20,21,22,23,24). The van der Waals surface area contributed by atoms with Gasteiger partial charge in [0.1, 0.15) is 5.82 Å². The molecule has 0 aliphatic heterocycles. The molecule has 3 rings (SSSR count). The zero-order valence-electron chi connectivity index (χ0n) is 13.9. The predicted octanol–water partition coefficient (Wildman–Crippen LogP) is 3.00. The molecule has 1 heterocycles. The second-order valence-electron chi connectivity index (χ2n) is 5.48. The van der Waals surface area contributed by atoms with E-state index < -0.39 is 11.8 Å². The number of nitrogens with zero attached hydrogens (tertiary/aromatic N) is 3. The SMILES string of the molecule is Cc1ccc(Nc2nc(N)nc(COC(=O)c3ccccc3F)n2)cc1. The Hall–Kier alpha value is -3.55. The Morgan fingerprint density at radius 1 is 1.12 bits per heavy atom. The summed E-state index contributed by atoms with van der Waals surface area (Å²) in [5.41, 5.74) is 7.41. The predicted molar refractivity (Wildman–Crippen MR) is 94.2 cm³/mol. The van der Waals surface area contributed by atoms with E-state index >= 15 is 0 Å². The maximum Gasteiger partial charge on any atom is 0.341 e. The van der Waals surface area contributed by atoms with E-state index in [0.717, 1.165) is 11.3 Å². The number of rotatable bonds is 5. The number of hydrogen-bond donors (Lipinski definition) is 2. The van der Waals surface area contributed by atoms with Crippen molar-refractivity contribution in [2.24, 2.45) is 0 Å². The van der Waals surface area contributed by atoms with Crippen molar-refractivity contribution >= 4 is 23.6 Å². The number of esters is 1. The van der Waals surface area contributed by atoms with Crippen molar-refractivity contribution in [3.05, 3.63) is 71.3 Å². The molecule has 0 atom stereocenters. The Balaban J connectivity index is 1.70. The van der Waals surface area contributed by atoms with Gasteiger partial charge in [-0.2, -0.15) is 15.0 Å². The van der Waals surface area contributed by atoms with Crippen molar-refractivity contribution in [3.8, 4) is 0 Å². The number of halogens is 1. The molecule has 0 unspecified atom stereocenters. The van der Waals surface area contributed by atoms with E-state index in [1.54, 1.807) is 6.07 Å². The fourth-order valence-electron chi connectivity index (χ4n) is 2.16. The van der Waals surface area contributed by atoms with Crippen molar-refractivity contribution in [2.45, 2.75) is 13.5 Å². The van der Waals surface area contributed by atoms with E-state index in [0.29, 0.717) is 0 Å². The van der Waals surface area contributed by atoms with Crippen LogP contribution in [0, 0.1) is 12.7 Å². The summed E-state index contributed by atoms with van der Waals surface area (Å²) in [5.74, 6) is -1.12. The van der Waals surface area contributed by atoms with Crippen molar-refractivity contribution < 1.29 is 13.9 Å². The van der Waals surface area contributed by atoms with Crippen LogP contribution < -0.4 is 11.1 Å². The molecule has 8 heteroatoms. The third kappa shape index (κ3) is 4.29. The van der Waals surface area contributed by atoms with Gasteiger partial charge in [0.2, 0.25) is 11.9 Å². The second kappa shape index (κ2) is 7.56. The molecule has 2 aromatic carbocycles. The Morgan fingerprint density at radius 3 is 2.58 bits per heavy atom. The second-order valence-corrected chi connectivity index (χ2v) is 5.48. The van der Waals surface area contributed by atoms with E-state index in [9.17, 15) is 9.18 Å². The average molecular weight is 353 g/mol. The van der Waals surface area contributed by atoms with Gasteiger partial charge in [0.25, 0.3) is 0 Å². The van der Waals surface area contributed by atoms with Crippen molar-refractivity contribution in [1.29, 1.82) is 0 Å². The summed E-state index contributed by atoms with van der Waals surface area (Å²) >= 11 is 0. The number of nitrogens with one attached hydrogen (secondary N) is 1. The van der Waals surface area contributed by atoms with Crippen LogP contribution in [0.3, 0.4) is 0 Å². The van der Waals surface area contributed by atoms with E-state index in [4.69, 9.17) is 10.5 Å². The fourth-order valence-corrected chi connectivity index (χ4v) is 2.16. The quantitative estimate of drug-likeness (QED) is 0.680. The molecule has 3 aromatic rings. The van der Waals surface area contributed by atoms with Crippen LogP contribution in [0.4, 0.5) is 22.0 Å². The molecular weight excluding hydrogens is 337 g/mol. The van der Waals surface area contributed by atoms with Gasteiger partial charge in [-0.15, -0.1) is 0 Å².